The number of hydrogen-bond acceptors (Lipinski definition) is 6. The lowest BCUT2D eigenvalue weighted by molar-refractivity contribution is -0.137. The first-order chi connectivity index (χ1) is 13.3. The lowest BCUT2D eigenvalue weighted by Gasteiger charge is -2.08. The van der Waals surface area contributed by atoms with Gasteiger partial charge in [-0.2, -0.15) is 18.2 Å². The van der Waals surface area contributed by atoms with Crippen molar-refractivity contribution in [1.82, 2.24) is 19.8 Å². The van der Waals surface area contributed by atoms with E-state index in [9.17, 15) is 21.6 Å². The molecule has 2 aromatic heterocycles. The fourth-order valence-corrected chi connectivity index (χ4v) is 4.09. The van der Waals surface area contributed by atoms with Crippen molar-refractivity contribution in [3.05, 3.63) is 60.2 Å². The Morgan fingerprint density at radius 1 is 1.14 bits per heavy atom. The van der Waals surface area contributed by atoms with E-state index in [0.717, 1.165) is 18.5 Å². The van der Waals surface area contributed by atoms with Crippen molar-refractivity contribution in [2.24, 2.45) is 0 Å². The van der Waals surface area contributed by atoms with Gasteiger partial charge < -0.3 is 4.52 Å². The first kappa shape index (κ1) is 18.6. The Balaban J connectivity index is 1.52. The molecule has 0 saturated heterocycles. The van der Waals surface area contributed by atoms with Crippen LogP contribution in [0.15, 0.2) is 58.2 Å². The van der Waals surface area contributed by atoms with E-state index in [1.807, 2.05) is 0 Å². The largest absolute Gasteiger partial charge is 0.417 e. The molecule has 4 rings (SSSR count). The molecule has 146 valence electrons. The highest BCUT2D eigenvalue weighted by atomic mass is 32.2. The molecule has 1 fully saturated rings. The second-order valence-corrected chi connectivity index (χ2v) is 7.97. The van der Waals surface area contributed by atoms with Crippen LogP contribution in [0.5, 0.6) is 0 Å². The Bertz CT molecular complexity index is 1100. The lowest BCUT2D eigenvalue weighted by atomic mass is 10.1. The molecule has 0 amide bonds. The van der Waals surface area contributed by atoms with Crippen LogP contribution in [0.1, 0.15) is 23.8 Å². The molecule has 3 aromatic rings. The molecule has 0 aliphatic heterocycles. The van der Waals surface area contributed by atoms with E-state index in [0.29, 0.717) is 6.42 Å². The summed E-state index contributed by atoms with van der Waals surface area (Å²) in [4.78, 5) is 7.83. The molecule has 0 radical (unpaired) electrons. The van der Waals surface area contributed by atoms with Crippen molar-refractivity contribution < 1.29 is 26.1 Å². The zero-order valence-electron chi connectivity index (χ0n) is 14.1. The zero-order valence-corrected chi connectivity index (χ0v) is 14.9. The molecule has 0 unspecified atom stereocenters. The molecular formula is C17H13F3N4O3S. The average Bonchev–Trinajstić information content (AvgIpc) is 3.23. The van der Waals surface area contributed by atoms with E-state index in [1.54, 1.807) is 18.2 Å². The smallest absolute Gasteiger partial charge is 0.339 e. The first-order valence-electron chi connectivity index (χ1n) is 8.18. The summed E-state index contributed by atoms with van der Waals surface area (Å²) in [5.74, 6) is -0.564. The van der Waals surface area contributed by atoms with Gasteiger partial charge in [0.15, 0.2) is 0 Å². The maximum absolute atomic E-state index is 13.1. The van der Waals surface area contributed by atoms with Crippen LogP contribution in [0.3, 0.4) is 0 Å². The van der Waals surface area contributed by atoms with E-state index in [4.69, 9.17) is 4.52 Å². The highest BCUT2D eigenvalue weighted by Gasteiger charge is 2.45. The van der Waals surface area contributed by atoms with E-state index in [1.165, 1.54) is 12.1 Å². The Labute approximate surface area is 157 Å². The van der Waals surface area contributed by atoms with E-state index in [-0.39, 0.29) is 22.2 Å². The summed E-state index contributed by atoms with van der Waals surface area (Å²) in [5, 5.41) is 3.61. The molecule has 0 spiro atoms. The van der Waals surface area contributed by atoms with Gasteiger partial charge >= 0.3 is 6.18 Å². The van der Waals surface area contributed by atoms with E-state index in [2.05, 4.69) is 19.8 Å². The van der Waals surface area contributed by atoms with Gasteiger partial charge in [-0.25, -0.2) is 13.1 Å². The predicted molar refractivity (Wildman–Crippen MR) is 90.4 cm³/mol. The molecule has 1 saturated carbocycles. The number of nitrogens with zero attached hydrogens (tertiary/aromatic N) is 3. The van der Waals surface area contributed by atoms with Gasteiger partial charge in [0.1, 0.15) is 0 Å². The first-order valence-corrected chi connectivity index (χ1v) is 9.66. The van der Waals surface area contributed by atoms with Crippen molar-refractivity contribution in [1.29, 1.82) is 0 Å². The van der Waals surface area contributed by atoms with Crippen molar-refractivity contribution >= 4 is 10.0 Å². The Hall–Kier alpha value is -2.79. The quantitative estimate of drug-likeness (QED) is 0.695. The van der Waals surface area contributed by atoms with Crippen molar-refractivity contribution in [3.63, 3.8) is 0 Å². The minimum Gasteiger partial charge on any atom is -0.339 e. The van der Waals surface area contributed by atoms with E-state index < -0.39 is 33.7 Å². The van der Waals surface area contributed by atoms with Crippen LogP contribution in [0, 0.1) is 0 Å². The predicted octanol–water partition coefficient (Wildman–Crippen LogP) is 2.98. The van der Waals surface area contributed by atoms with Gasteiger partial charge in [0.05, 0.1) is 21.9 Å². The van der Waals surface area contributed by atoms with Gasteiger partial charge in [-0.15, -0.1) is 0 Å². The van der Waals surface area contributed by atoms with Crippen LogP contribution < -0.4 is 4.72 Å². The van der Waals surface area contributed by atoms with Crippen LogP contribution in [0.25, 0.3) is 11.4 Å². The molecule has 11 heteroatoms. The summed E-state index contributed by atoms with van der Waals surface area (Å²) in [7, 11) is -3.71. The Kier molecular flexibility index (Phi) is 4.42. The summed E-state index contributed by atoms with van der Waals surface area (Å²) < 4.78 is 71.7. The maximum atomic E-state index is 13.1. The third-order valence-electron chi connectivity index (χ3n) is 4.28. The van der Waals surface area contributed by atoms with Gasteiger partial charge in [0.25, 0.3) is 0 Å². The number of benzene rings is 1. The molecule has 2 heterocycles. The van der Waals surface area contributed by atoms with Crippen LogP contribution in [0.4, 0.5) is 13.2 Å². The van der Waals surface area contributed by atoms with Crippen LogP contribution >= 0.6 is 0 Å². The molecule has 1 aromatic carbocycles. The molecule has 1 aliphatic carbocycles. The van der Waals surface area contributed by atoms with Crippen molar-refractivity contribution in [2.75, 3.05) is 0 Å². The van der Waals surface area contributed by atoms with Crippen LogP contribution in [-0.4, -0.2) is 29.6 Å². The average molecular weight is 410 g/mol. The number of halogens is 3. The Morgan fingerprint density at radius 2 is 1.89 bits per heavy atom. The minimum atomic E-state index is -4.59. The van der Waals surface area contributed by atoms with Gasteiger partial charge in [0, 0.05) is 18.4 Å². The molecule has 1 N–H and O–H groups in total. The van der Waals surface area contributed by atoms with Gasteiger partial charge in [-0.05, 0) is 24.6 Å². The Morgan fingerprint density at radius 3 is 2.61 bits per heavy atom. The number of nitrogens with one attached hydrogen (secondary N) is 1. The third-order valence-corrected chi connectivity index (χ3v) is 5.78. The molecular weight excluding hydrogens is 397 g/mol. The fourth-order valence-electron chi connectivity index (χ4n) is 2.78. The second-order valence-electron chi connectivity index (χ2n) is 6.26. The van der Waals surface area contributed by atoms with Gasteiger partial charge in [-0.3, -0.25) is 4.98 Å². The second kappa shape index (κ2) is 6.67. The molecule has 1 aliphatic rings. The highest BCUT2D eigenvalue weighted by molar-refractivity contribution is 7.89. The SMILES string of the molecule is O=S(=O)(N[C@@H]1C[C@H]1c1nc(-c2cnccc2C(F)(F)F)no1)c1ccccc1. The van der Waals surface area contributed by atoms with Crippen molar-refractivity contribution in [3.8, 4) is 11.4 Å². The topological polar surface area (TPSA) is 98.0 Å². The number of sulfonamides is 1. The third kappa shape index (κ3) is 3.62. The maximum Gasteiger partial charge on any atom is 0.417 e. The lowest BCUT2D eigenvalue weighted by Crippen LogP contribution is -2.26. The normalized spacial score (nSPS) is 19.5. The van der Waals surface area contributed by atoms with E-state index >= 15 is 0 Å². The molecule has 2 atom stereocenters. The summed E-state index contributed by atoms with van der Waals surface area (Å²) in [6, 6.07) is 8.21. The number of aromatic nitrogens is 3. The minimum absolute atomic E-state index is 0.0766. The van der Waals surface area contributed by atoms with Crippen LogP contribution in [0.2, 0.25) is 0 Å². The number of hydrogen-bond donors (Lipinski definition) is 1. The highest BCUT2D eigenvalue weighted by Crippen LogP contribution is 2.42. The summed E-state index contributed by atoms with van der Waals surface area (Å²) in [5.41, 5.74) is -1.22. The number of pyridine rings is 1. The number of alkyl halides is 3. The number of rotatable bonds is 5. The molecule has 7 nitrogen and oxygen atoms in total. The van der Waals surface area contributed by atoms with Crippen LogP contribution in [-0.2, 0) is 16.2 Å². The molecule has 28 heavy (non-hydrogen) atoms. The summed E-state index contributed by atoms with van der Waals surface area (Å²) >= 11 is 0. The summed E-state index contributed by atoms with van der Waals surface area (Å²) in [6.07, 6.45) is -2.14. The standard InChI is InChI=1S/C17H13F3N4O3S/c18-17(19,20)13-6-7-21-9-12(13)15-22-16(27-23-15)11-8-14(11)24-28(25,26)10-4-2-1-3-5-10/h1-7,9,11,14,24H,8H2/t11-,14-/m1/s1. The monoisotopic (exact) mass is 410 g/mol. The zero-order chi connectivity index (χ0) is 19.9. The van der Waals surface area contributed by atoms with Crippen molar-refractivity contribution in [2.45, 2.75) is 29.5 Å². The molecule has 0 bridgehead atoms. The fraction of sp³-hybridized carbons (Fsp3) is 0.235. The van der Waals surface area contributed by atoms with Gasteiger partial charge in [-0.1, -0.05) is 23.4 Å². The van der Waals surface area contributed by atoms with Gasteiger partial charge in [0.2, 0.25) is 21.7 Å². The summed E-state index contributed by atoms with van der Waals surface area (Å²) in [6.45, 7) is 0.